The van der Waals surface area contributed by atoms with Crippen molar-refractivity contribution in [3.05, 3.63) is 4.91 Å². The molecular weight excluding hydrogens is 1330 g/mol. The summed E-state index contributed by atoms with van der Waals surface area (Å²) >= 11 is 5.46. The molecule has 0 aromatic rings. The highest BCUT2D eigenvalue weighted by Gasteiger charge is 2.55. The Morgan fingerprint density at radius 3 is 1.38 bits per heavy atom. The molecule has 15 N–H and O–H groups in total. The second-order valence-corrected chi connectivity index (χ2v) is 25.2. The number of halogens is 1. The second-order valence-electron chi connectivity index (χ2n) is 24.8. The van der Waals surface area contributed by atoms with Crippen molar-refractivity contribution < 1.29 is 157 Å². The lowest BCUT2D eigenvalue weighted by molar-refractivity contribution is -0.383. The summed E-state index contributed by atoms with van der Waals surface area (Å²) in [5.74, 6) is -0.989. The van der Waals surface area contributed by atoms with Gasteiger partial charge in [0, 0.05) is 25.0 Å². The van der Waals surface area contributed by atoms with Gasteiger partial charge in [0.15, 0.2) is 38.6 Å². The van der Waals surface area contributed by atoms with Gasteiger partial charge in [0.25, 0.3) is 0 Å². The van der Waals surface area contributed by atoms with Crippen molar-refractivity contribution in [1.29, 1.82) is 0 Å². The van der Waals surface area contributed by atoms with Crippen LogP contribution in [-0.2, 0) is 71.3 Å². The van der Waals surface area contributed by atoms with Gasteiger partial charge in [-0.2, -0.15) is 5.01 Å². The molecule has 7 rings (SSSR count). The van der Waals surface area contributed by atoms with Gasteiger partial charge in [-0.1, -0.05) is 34.6 Å². The number of nitrogens with one attached hydrogen (secondary N) is 1. The van der Waals surface area contributed by atoms with Gasteiger partial charge >= 0.3 is 18.3 Å². The standard InChI is InChI=1S/C24H42O21.C22H34N4O10.C10H18ClN3O2/c25-1-5-9(28)13(32)15(34)22(41-5)39-4-8-12(31)20(45-23-16(35)14(33)10(29)6(2-26)42-23)18(37)24(43-8)44-19-11(30)7(3-27)40-21(38)17(19)36;1-15(2)11-33-21(31)35-13-25-17(27)7-23(8-18(25)28)5-6-24-9-19(29)26(20(30)10-24)14-36-22(32)34-12-16(3)4;1-8-2-4-9(5-3-8)12-10(15)14(13-16)7-6-11/h5-38H,1-4H2;15-16H,5-14H2,1-4H3;8-9H,2-7H2,1H3,(H,12,15)/t5-,6-,7-,8-,9-,10-,11-,12-,13+,14+,15-,16-,17-,18-,19+,20+,21-,22-,23+,24+;;/m1../s1. The fourth-order valence-corrected chi connectivity index (χ4v) is 10.7. The maximum atomic E-state index is 12.4. The zero-order valence-corrected chi connectivity index (χ0v) is 54.8. The van der Waals surface area contributed by atoms with Crippen molar-refractivity contribution in [2.75, 3.05) is 105 Å². The molecule has 6 saturated heterocycles. The average molecular weight is 1430 g/mol. The number of hydrogen-bond donors (Lipinski definition) is 15. The Kier molecular flexibility index (Phi) is 34.0. The first-order valence-corrected chi connectivity index (χ1v) is 31.9. The maximum absolute atomic E-state index is 12.4. The third-order valence-electron chi connectivity index (χ3n) is 16.2. The van der Waals surface area contributed by atoms with E-state index in [2.05, 4.69) is 17.5 Å². The van der Waals surface area contributed by atoms with Gasteiger partial charge in [-0.05, 0) is 43.4 Å². The Morgan fingerprint density at radius 1 is 0.546 bits per heavy atom. The van der Waals surface area contributed by atoms with Crippen molar-refractivity contribution in [3.8, 4) is 0 Å². The van der Waals surface area contributed by atoms with Crippen molar-refractivity contribution in [2.24, 2.45) is 23.0 Å². The van der Waals surface area contributed by atoms with E-state index < -0.39 is 205 Å². The maximum Gasteiger partial charge on any atom is 0.510 e. The molecule has 1 aliphatic carbocycles. The number of nitroso groups, excluding NO2 is 1. The first-order valence-electron chi connectivity index (χ1n) is 31.4. The molecule has 20 atom stereocenters. The molecule has 0 unspecified atom stereocenters. The van der Waals surface area contributed by atoms with E-state index in [0.717, 1.165) is 46.4 Å². The van der Waals surface area contributed by atoms with E-state index in [1.165, 1.54) is 0 Å². The molecule has 1 saturated carbocycles. The van der Waals surface area contributed by atoms with Crippen LogP contribution in [0.4, 0.5) is 14.4 Å². The van der Waals surface area contributed by atoms with Crippen LogP contribution in [0.5, 0.6) is 0 Å². The average Bonchev–Trinajstić information content (AvgIpc) is 0.781. The van der Waals surface area contributed by atoms with Crippen LogP contribution in [0.25, 0.3) is 0 Å². The van der Waals surface area contributed by atoms with Gasteiger partial charge in [-0.25, -0.2) is 24.2 Å². The Morgan fingerprint density at radius 2 is 0.948 bits per heavy atom. The van der Waals surface area contributed by atoms with Crippen LogP contribution in [0, 0.1) is 22.7 Å². The van der Waals surface area contributed by atoms with Crippen LogP contribution in [-0.4, -0.2) is 372 Å². The quantitative estimate of drug-likeness (QED) is 0.0133. The topological polar surface area (TPSA) is 562 Å². The van der Waals surface area contributed by atoms with E-state index in [-0.39, 0.29) is 82.8 Å². The van der Waals surface area contributed by atoms with Gasteiger partial charge in [0.05, 0.1) is 77.7 Å². The lowest BCUT2D eigenvalue weighted by Gasteiger charge is -2.48. The monoisotopic (exact) mass is 1430 g/mol. The largest absolute Gasteiger partial charge is 0.510 e. The van der Waals surface area contributed by atoms with Gasteiger partial charge in [-0.3, -0.25) is 29.0 Å². The number of amides is 6. The number of piperazine rings is 2. The molecule has 558 valence electrons. The van der Waals surface area contributed by atoms with Gasteiger partial charge in [0.1, 0.15) is 97.7 Å². The van der Waals surface area contributed by atoms with Gasteiger partial charge in [0.2, 0.25) is 23.6 Å². The molecule has 0 spiro atoms. The predicted molar refractivity (Wildman–Crippen MR) is 318 cm³/mol. The SMILES string of the molecule is CC(C)COC(=O)OCN1C(=O)CN(CCN2CC(=O)N(COC(=O)OCC(C)C)C(=O)C2)CC1=O.CC1CCC(NC(=O)N(CCCl)N=O)CC1.OC[C@H]1O[C@@H](OC[C@H]2O[C@@H](O[C@@H]3[C@@H](O)[C@H](O)O[C@H](CO)[C@H]3O)[C@H](O)[C@@H](O[C@@H]3O[C@H](CO)[C@@H](O)[C@H](O)[C@H]3O)[C@@H]2O)[C@H](O)[C@@H](O)[C@@H]1O. The fourth-order valence-electron chi connectivity index (χ4n) is 10.5. The number of alkyl halides is 1. The summed E-state index contributed by atoms with van der Waals surface area (Å²) in [7, 11) is 0. The van der Waals surface area contributed by atoms with E-state index in [4.69, 9.17) is 63.7 Å². The Bertz CT molecular complexity index is 2390. The van der Waals surface area contributed by atoms with Crippen LogP contribution in [0.1, 0.15) is 60.3 Å². The number of aliphatic hydroxyl groups is 14. The normalized spacial score (nSPS) is 35.2. The summed E-state index contributed by atoms with van der Waals surface area (Å²) < 4.78 is 57.0. The number of imide groups is 2. The number of hydrogen-bond acceptors (Lipinski definition) is 36. The zero-order valence-electron chi connectivity index (χ0n) is 54.1. The molecule has 0 radical (unpaired) electrons. The number of nitrogens with zero attached hydrogens (tertiary/aromatic N) is 6. The summed E-state index contributed by atoms with van der Waals surface area (Å²) in [4.78, 5) is 99.3. The highest BCUT2D eigenvalue weighted by molar-refractivity contribution is 6.18. The molecular formula is C56H94ClN7O33. The summed E-state index contributed by atoms with van der Waals surface area (Å²) in [6.45, 7) is 5.98. The Labute approximate surface area is 561 Å². The van der Waals surface area contributed by atoms with E-state index in [1.807, 2.05) is 27.7 Å². The third kappa shape index (κ3) is 23.8. The van der Waals surface area contributed by atoms with E-state index in [9.17, 15) is 110 Å². The Balaban J connectivity index is 0.000000291. The molecule has 0 aromatic heterocycles. The number of carbonyl (C=O) groups is 7. The Hall–Kier alpha value is -4.94. The molecule has 97 heavy (non-hydrogen) atoms. The lowest BCUT2D eigenvalue weighted by Crippen LogP contribution is -2.67. The molecule has 0 aromatic carbocycles. The first-order chi connectivity index (χ1) is 45.9. The summed E-state index contributed by atoms with van der Waals surface area (Å²) in [6, 6.07) is -0.265. The number of urea groups is 1. The minimum atomic E-state index is -2.07. The van der Waals surface area contributed by atoms with Crippen molar-refractivity contribution >= 4 is 53.6 Å². The van der Waals surface area contributed by atoms with Gasteiger partial charge < -0.3 is 129 Å². The molecule has 6 aliphatic heterocycles. The summed E-state index contributed by atoms with van der Waals surface area (Å²) in [5.41, 5.74) is 0. The van der Waals surface area contributed by atoms with Crippen molar-refractivity contribution in [3.63, 3.8) is 0 Å². The highest BCUT2D eigenvalue weighted by Crippen LogP contribution is 2.34. The van der Waals surface area contributed by atoms with Crippen molar-refractivity contribution in [1.82, 2.24) is 29.9 Å². The van der Waals surface area contributed by atoms with Crippen LogP contribution >= 0.6 is 11.6 Å². The molecule has 41 heteroatoms. The predicted octanol–water partition coefficient (Wildman–Crippen LogP) is -7.39. The highest BCUT2D eigenvalue weighted by atomic mass is 35.5. The molecule has 7 aliphatic rings. The lowest BCUT2D eigenvalue weighted by atomic mass is 9.87. The number of ether oxygens (including phenoxy) is 11. The third-order valence-corrected chi connectivity index (χ3v) is 16.4. The summed E-state index contributed by atoms with van der Waals surface area (Å²) in [6.07, 6.45) is -33.6. The van der Waals surface area contributed by atoms with Crippen LogP contribution < -0.4 is 5.32 Å². The van der Waals surface area contributed by atoms with Crippen LogP contribution in [0.2, 0.25) is 0 Å². The zero-order chi connectivity index (χ0) is 72.1. The number of rotatable bonds is 25. The van der Waals surface area contributed by atoms with E-state index in [1.54, 1.807) is 9.80 Å². The number of aliphatic hydroxyl groups excluding tert-OH is 14. The molecule has 6 heterocycles. The minimum absolute atomic E-state index is 0.0929. The minimum Gasteiger partial charge on any atom is -0.434 e. The second kappa shape index (κ2) is 39.9. The first kappa shape index (κ1) is 82.7. The smallest absolute Gasteiger partial charge is 0.434 e. The molecule has 0 bridgehead atoms. The molecule has 6 amide bonds. The number of carbonyl (C=O) groups excluding carboxylic acids is 7. The van der Waals surface area contributed by atoms with Crippen LogP contribution in [0.3, 0.4) is 0 Å². The van der Waals surface area contributed by atoms with Crippen LogP contribution in [0.15, 0.2) is 5.29 Å². The van der Waals surface area contributed by atoms with E-state index in [0.29, 0.717) is 0 Å². The fraction of sp³-hybridized carbons (Fsp3) is 0.875. The molecule has 7 fully saturated rings. The van der Waals surface area contributed by atoms with Crippen molar-refractivity contribution in [2.45, 2.75) is 189 Å². The van der Waals surface area contributed by atoms with Gasteiger partial charge in [-0.15, -0.1) is 16.5 Å². The summed E-state index contributed by atoms with van der Waals surface area (Å²) in [5, 5.41) is 149. The molecule has 40 nitrogen and oxygen atoms in total. The van der Waals surface area contributed by atoms with E-state index >= 15 is 0 Å².